The highest BCUT2D eigenvalue weighted by atomic mass is 15.0. The molecule has 0 aliphatic rings. The molecule has 0 amide bonds. The van der Waals surface area contributed by atoms with Crippen molar-refractivity contribution >= 4 is 43.6 Å². The molecule has 8 rings (SSSR count). The molecule has 2 nitrogen and oxygen atoms in total. The predicted molar refractivity (Wildman–Crippen MR) is 170 cm³/mol. The van der Waals surface area contributed by atoms with Crippen LogP contribution in [0, 0.1) is 13.8 Å². The number of aromatic nitrogens is 2. The normalized spacial score (nSPS) is 11.8. The van der Waals surface area contributed by atoms with Gasteiger partial charge >= 0.3 is 0 Å². The third-order valence-electron chi connectivity index (χ3n) is 8.16. The molecule has 0 aliphatic carbocycles. The Balaban J connectivity index is 1.46. The van der Waals surface area contributed by atoms with Gasteiger partial charge < -0.3 is 9.13 Å². The molecule has 0 unspecified atom stereocenters. The van der Waals surface area contributed by atoms with Crippen LogP contribution < -0.4 is 0 Å². The lowest BCUT2D eigenvalue weighted by Crippen LogP contribution is -1.95. The van der Waals surface area contributed by atoms with Gasteiger partial charge in [-0.15, -0.1) is 0 Å². The van der Waals surface area contributed by atoms with Crippen LogP contribution in [0.5, 0.6) is 0 Å². The molecule has 0 radical (unpaired) electrons. The van der Waals surface area contributed by atoms with Crippen molar-refractivity contribution < 1.29 is 0 Å². The number of nitrogens with zero attached hydrogens (tertiary/aromatic N) is 2. The highest BCUT2D eigenvalue weighted by molar-refractivity contribution is 6.17. The monoisotopic (exact) mass is 512 g/mol. The SMILES string of the molecule is Cc1cc(C)cc(-n2c3ccccc3c3ccc(-c4cccc5c4c4ccccc4n5-c4ccccc4)cc32)c1. The first-order chi connectivity index (χ1) is 19.7. The van der Waals surface area contributed by atoms with Crippen molar-refractivity contribution in [1.29, 1.82) is 0 Å². The number of aryl methyl sites for hydroxylation is 2. The first-order valence-electron chi connectivity index (χ1n) is 13.9. The van der Waals surface area contributed by atoms with Crippen LogP contribution in [0.1, 0.15) is 11.1 Å². The zero-order valence-electron chi connectivity index (χ0n) is 22.6. The second-order valence-electron chi connectivity index (χ2n) is 10.8. The fourth-order valence-electron chi connectivity index (χ4n) is 6.61. The summed E-state index contributed by atoms with van der Waals surface area (Å²) in [6.07, 6.45) is 0. The lowest BCUT2D eigenvalue weighted by molar-refractivity contribution is 1.16. The predicted octanol–water partition coefficient (Wildman–Crippen LogP) is 10.2. The summed E-state index contributed by atoms with van der Waals surface area (Å²) < 4.78 is 4.82. The van der Waals surface area contributed by atoms with Crippen LogP contribution in [0.4, 0.5) is 0 Å². The van der Waals surface area contributed by atoms with Crippen LogP contribution in [-0.2, 0) is 0 Å². The van der Waals surface area contributed by atoms with E-state index < -0.39 is 0 Å². The van der Waals surface area contributed by atoms with E-state index >= 15 is 0 Å². The molecule has 190 valence electrons. The molecule has 40 heavy (non-hydrogen) atoms. The molecule has 2 heteroatoms. The van der Waals surface area contributed by atoms with Crippen LogP contribution in [-0.4, -0.2) is 9.13 Å². The van der Waals surface area contributed by atoms with Crippen LogP contribution in [0.3, 0.4) is 0 Å². The Bertz CT molecular complexity index is 2210. The van der Waals surface area contributed by atoms with E-state index in [-0.39, 0.29) is 0 Å². The standard InChI is InChI=1S/C38H28N2/c1-25-21-26(2)23-29(22-25)40-34-16-8-6-13-31(34)32-20-19-27(24-37(32)40)30-15-10-18-36-38(30)33-14-7-9-17-35(33)39(36)28-11-4-3-5-12-28/h3-24H,1-2H3. The Hall–Kier alpha value is -5.08. The summed E-state index contributed by atoms with van der Waals surface area (Å²) in [4.78, 5) is 0. The van der Waals surface area contributed by atoms with Gasteiger partial charge in [0.15, 0.2) is 0 Å². The van der Waals surface area contributed by atoms with E-state index in [2.05, 4.69) is 156 Å². The minimum atomic E-state index is 1.18. The molecule has 0 N–H and O–H groups in total. The lowest BCUT2D eigenvalue weighted by atomic mass is 9.98. The minimum absolute atomic E-state index is 1.18. The summed E-state index contributed by atoms with van der Waals surface area (Å²) >= 11 is 0. The summed E-state index contributed by atoms with van der Waals surface area (Å²) in [6.45, 7) is 4.36. The topological polar surface area (TPSA) is 9.86 Å². The molecule has 0 fully saturated rings. The molecular formula is C38H28N2. The van der Waals surface area contributed by atoms with Crippen molar-refractivity contribution in [2.75, 3.05) is 0 Å². The molecule has 0 spiro atoms. The van der Waals surface area contributed by atoms with Gasteiger partial charge in [-0.25, -0.2) is 0 Å². The summed E-state index contributed by atoms with van der Waals surface area (Å²) in [5, 5.41) is 5.11. The summed E-state index contributed by atoms with van der Waals surface area (Å²) in [7, 11) is 0. The third-order valence-corrected chi connectivity index (χ3v) is 8.16. The molecule has 0 atom stereocenters. The van der Waals surface area contributed by atoms with Gasteiger partial charge in [0.2, 0.25) is 0 Å². The minimum Gasteiger partial charge on any atom is -0.309 e. The van der Waals surface area contributed by atoms with Gasteiger partial charge in [0, 0.05) is 32.9 Å². The maximum absolute atomic E-state index is 2.43. The van der Waals surface area contributed by atoms with Gasteiger partial charge in [-0.2, -0.15) is 0 Å². The summed E-state index contributed by atoms with van der Waals surface area (Å²) in [5.41, 5.74) is 12.3. The zero-order chi connectivity index (χ0) is 26.8. The first-order valence-corrected chi connectivity index (χ1v) is 13.9. The number of benzene rings is 6. The first kappa shape index (κ1) is 22.9. The fraction of sp³-hybridized carbons (Fsp3) is 0.0526. The second kappa shape index (κ2) is 8.72. The maximum Gasteiger partial charge on any atom is 0.0547 e. The van der Waals surface area contributed by atoms with Gasteiger partial charge in [-0.05, 0) is 84.6 Å². The van der Waals surface area contributed by atoms with Gasteiger partial charge in [-0.3, -0.25) is 0 Å². The maximum atomic E-state index is 2.43. The average Bonchev–Trinajstić information content (AvgIpc) is 3.50. The number of hydrogen-bond donors (Lipinski definition) is 0. The van der Waals surface area contributed by atoms with Crippen molar-refractivity contribution in [3.63, 3.8) is 0 Å². The fourth-order valence-corrected chi connectivity index (χ4v) is 6.61. The highest BCUT2D eigenvalue weighted by Gasteiger charge is 2.18. The van der Waals surface area contributed by atoms with E-state index in [4.69, 9.17) is 0 Å². The molecular weight excluding hydrogens is 484 g/mol. The zero-order valence-corrected chi connectivity index (χ0v) is 22.6. The molecule has 6 aromatic carbocycles. The van der Waals surface area contributed by atoms with Crippen molar-refractivity contribution in [2.24, 2.45) is 0 Å². The smallest absolute Gasteiger partial charge is 0.0547 e. The van der Waals surface area contributed by atoms with Crippen LogP contribution in [0.15, 0.2) is 133 Å². The van der Waals surface area contributed by atoms with E-state index in [1.807, 2.05) is 0 Å². The highest BCUT2D eigenvalue weighted by Crippen LogP contribution is 2.41. The Kier molecular flexibility index (Phi) is 4.99. The summed E-state index contributed by atoms with van der Waals surface area (Å²) in [6, 6.07) is 48.7. The quantitative estimate of drug-likeness (QED) is 0.223. The molecule has 0 aliphatic heterocycles. The molecule has 0 saturated carbocycles. The van der Waals surface area contributed by atoms with Crippen molar-refractivity contribution in [1.82, 2.24) is 9.13 Å². The van der Waals surface area contributed by atoms with E-state index in [0.717, 1.165) is 0 Å². The van der Waals surface area contributed by atoms with Crippen LogP contribution in [0.25, 0.3) is 66.1 Å². The van der Waals surface area contributed by atoms with E-state index in [9.17, 15) is 0 Å². The number of para-hydroxylation sites is 3. The lowest BCUT2D eigenvalue weighted by Gasteiger charge is -2.12. The Labute approximate surface area is 233 Å². The van der Waals surface area contributed by atoms with Crippen LogP contribution >= 0.6 is 0 Å². The number of rotatable bonds is 3. The van der Waals surface area contributed by atoms with Crippen molar-refractivity contribution in [3.05, 3.63) is 145 Å². The molecule has 0 bridgehead atoms. The number of hydrogen-bond acceptors (Lipinski definition) is 0. The largest absolute Gasteiger partial charge is 0.309 e. The number of fused-ring (bicyclic) bond motifs is 6. The van der Waals surface area contributed by atoms with Crippen molar-refractivity contribution in [3.8, 4) is 22.5 Å². The van der Waals surface area contributed by atoms with Crippen LogP contribution in [0.2, 0.25) is 0 Å². The Morgan fingerprint density at radius 1 is 0.400 bits per heavy atom. The van der Waals surface area contributed by atoms with Gasteiger partial charge in [-0.1, -0.05) is 84.9 Å². The van der Waals surface area contributed by atoms with Crippen molar-refractivity contribution in [2.45, 2.75) is 13.8 Å². The molecule has 8 aromatic rings. The van der Waals surface area contributed by atoms with Gasteiger partial charge in [0.25, 0.3) is 0 Å². The summed E-state index contributed by atoms with van der Waals surface area (Å²) in [5.74, 6) is 0. The van der Waals surface area contributed by atoms with Gasteiger partial charge in [0.1, 0.15) is 0 Å². The van der Waals surface area contributed by atoms with E-state index in [1.54, 1.807) is 0 Å². The average molecular weight is 513 g/mol. The van der Waals surface area contributed by atoms with E-state index in [1.165, 1.54) is 77.2 Å². The van der Waals surface area contributed by atoms with Gasteiger partial charge in [0.05, 0.1) is 22.1 Å². The molecule has 2 heterocycles. The molecule has 0 saturated heterocycles. The van der Waals surface area contributed by atoms with E-state index in [0.29, 0.717) is 0 Å². The second-order valence-corrected chi connectivity index (χ2v) is 10.8. The Morgan fingerprint density at radius 3 is 1.77 bits per heavy atom. The molecule has 2 aromatic heterocycles. The Morgan fingerprint density at radius 2 is 1.00 bits per heavy atom. The third kappa shape index (κ3) is 3.36.